The Bertz CT molecular complexity index is 1090. The highest BCUT2D eigenvalue weighted by Crippen LogP contribution is 2.66. The molecule has 1 amide bonds. The van der Waals surface area contributed by atoms with Crippen molar-refractivity contribution in [3.8, 4) is 0 Å². The van der Waals surface area contributed by atoms with E-state index in [1.165, 1.54) is 11.3 Å². The maximum absolute atomic E-state index is 13.9. The molecule has 2 saturated heterocycles. The Kier molecular flexibility index (Phi) is 7.37. The molecule has 0 aromatic heterocycles. The maximum Gasteiger partial charge on any atom is 0.234 e. The third-order valence-corrected chi connectivity index (χ3v) is 12.3. The van der Waals surface area contributed by atoms with Crippen molar-refractivity contribution in [1.29, 1.82) is 0 Å². The highest BCUT2D eigenvalue weighted by molar-refractivity contribution is 7.89. The van der Waals surface area contributed by atoms with Gasteiger partial charge in [0.2, 0.25) is 15.9 Å². The molecule has 2 bridgehead atoms. The Labute approximate surface area is 223 Å². The zero-order valence-electron chi connectivity index (χ0n) is 23.1. The average molecular weight is 532 g/mol. The van der Waals surface area contributed by atoms with Crippen LogP contribution in [-0.2, 0) is 14.8 Å². The minimum atomic E-state index is -3.46. The predicted molar refractivity (Wildman–Crippen MR) is 148 cm³/mol. The van der Waals surface area contributed by atoms with Crippen LogP contribution >= 0.6 is 0 Å². The van der Waals surface area contributed by atoms with Gasteiger partial charge in [-0.15, -0.1) is 0 Å². The molecule has 2 saturated carbocycles. The van der Waals surface area contributed by atoms with Gasteiger partial charge in [0, 0.05) is 69.5 Å². The van der Waals surface area contributed by atoms with Gasteiger partial charge in [0.1, 0.15) is 0 Å². The molecule has 2 aliphatic heterocycles. The monoisotopic (exact) mass is 531 g/mol. The number of aryl methyl sites for hydroxylation is 1. The molecule has 3 atom stereocenters. The first-order valence-electron chi connectivity index (χ1n) is 14.0. The first kappa shape index (κ1) is 26.9. The number of piperazine rings is 2. The number of amides is 1. The normalized spacial score (nSPS) is 31.1. The van der Waals surface area contributed by atoms with E-state index >= 15 is 0 Å². The Morgan fingerprint density at radius 3 is 2.35 bits per heavy atom. The van der Waals surface area contributed by atoms with Crippen molar-refractivity contribution in [3.05, 3.63) is 29.8 Å². The molecule has 206 valence electrons. The number of benzene rings is 1. The summed E-state index contributed by atoms with van der Waals surface area (Å²) in [7, 11) is -1.35. The van der Waals surface area contributed by atoms with Crippen LogP contribution in [0.15, 0.2) is 24.3 Å². The number of carbonyl (C=O) groups excluding carboxylic acids is 1. The average Bonchev–Trinajstić information content (AvgIpc) is 3.20. The first-order valence-corrected chi connectivity index (χ1v) is 15.6. The van der Waals surface area contributed by atoms with Crippen LogP contribution in [0.1, 0.15) is 38.7 Å². The fourth-order valence-corrected chi connectivity index (χ4v) is 9.88. The number of anilines is 1. The van der Waals surface area contributed by atoms with Crippen LogP contribution in [0.2, 0.25) is 0 Å². The van der Waals surface area contributed by atoms with Gasteiger partial charge < -0.3 is 15.1 Å². The van der Waals surface area contributed by atoms with E-state index in [0.717, 1.165) is 45.4 Å². The molecule has 5 rings (SSSR count). The smallest absolute Gasteiger partial charge is 0.234 e. The number of sulfonamides is 1. The molecule has 2 aliphatic carbocycles. The van der Waals surface area contributed by atoms with Gasteiger partial charge in [0.05, 0.1) is 12.3 Å². The summed E-state index contributed by atoms with van der Waals surface area (Å²) in [5.41, 5.74) is 1.88. The zero-order chi connectivity index (χ0) is 26.4. The molecule has 8 nitrogen and oxygen atoms in total. The lowest BCUT2D eigenvalue weighted by molar-refractivity contribution is -0.124. The van der Waals surface area contributed by atoms with Crippen molar-refractivity contribution in [3.63, 3.8) is 0 Å². The molecule has 3 unspecified atom stereocenters. The molecule has 37 heavy (non-hydrogen) atoms. The van der Waals surface area contributed by atoms with E-state index in [2.05, 4.69) is 60.0 Å². The second-order valence-electron chi connectivity index (χ2n) is 12.5. The molecular weight excluding hydrogens is 486 g/mol. The van der Waals surface area contributed by atoms with Gasteiger partial charge in [-0.05, 0) is 56.2 Å². The number of carbonyl (C=O) groups is 1. The van der Waals surface area contributed by atoms with E-state index in [0.29, 0.717) is 38.6 Å². The Morgan fingerprint density at radius 1 is 1.03 bits per heavy atom. The van der Waals surface area contributed by atoms with Crippen molar-refractivity contribution < 1.29 is 13.2 Å². The van der Waals surface area contributed by atoms with E-state index in [9.17, 15) is 13.2 Å². The number of hydrogen-bond donors (Lipinski definition) is 1. The lowest BCUT2D eigenvalue weighted by Crippen LogP contribution is -2.57. The minimum absolute atomic E-state index is 0.0431. The predicted octanol–water partition coefficient (Wildman–Crippen LogP) is 2.01. The summed E-state index contributed by atoms with van der Waals surface area (Å²) in [6, 6.07) is 8.23. The number of likely N-dealkylation sites (N-methyl/N-ethyl adjacent to an activating group) is 1. The number of nitrogens with one attached hydrogen (secondary N) is 1. The fraction of sp³-hybridized carbons (Fsp3) is 0.750. The molecule has 1 N–H and O–H groups in total. The number of nitrogens with zero attached hydrogens (tertiary/aromatic N) is 4. The van der Waals surface area contributed by atoms with Gasteiger partial charge in [-0.2, -0.15) is 4.31 Å². The van der Waals surface area contributed by atoms with Crippen LogP contribution in [0, 0.1) is 23.7 Å². The van der Waals surface area contributed by atoms with Crippen molar-refractivity contribution in [2.75, 3.05) is 76.6 Å². The Morgan fingerprint density at radius 2 is 1.70 bits per heavy atom. The van der Waals surface area contributed by atoms with Gasteiger partial charge in [-0.25, -0.2) is 8.42 Å². The molecule has 9 heteroatoms. The van der Waals surface area contributed by atoms with Crippen molar-refractivity contribution in [2.45, 2.75) is 46.1 Å². The van der Waals surface area contributed by atoms with Gasteiger partial charge in [-0.3, -0.25) is 9.69 Å². The third-order valence-electron chi connectivity index (χ3n) is 10.3. The van der Waals surface area contributed by atoms with Crippen LogP contribution in [0.4, 0.5) is 5.69 Å². The summed E-state index contributed by atoms with van der Waals surface area (Å²) in [5.74, 6) is 0.629. The quantitative estimate of drug-likeness (QED) is 0.580. The number of para-hydroxylation sites is 1. The topological polar surface area (TPSA) is 76.2 Å². The van der Waals surface area contributed by atoms with Crippen LogP contribution in [0.5, 0.6) is 0 Å². The van der Waals surface area contributed by atoms with Crippen LogP contribution < -0.4 is 10.2 Å². The van der Waals surface area contributed by atoms with E-state index in [4.69, 9.17) is 0 Å². The maximum atomic E-state index is 13.9. The lowest BCUT2D eigenvalue weighted by Gasteiger charge is -2.44. The summed E-state index contributed by atoms with van der Waals surface area (Å²) in [6.07, 6.45) is 2.80. The molecule has 0 spiro atoms. The van der Waals surface area contributed by atoms with Crippen LogP contribution in [0.3, 0.4) is 0 Å². The zero-order valence-corrected chi connectivity index (χ0v) is 23.9. The van der Waals surface area contributed by atoms with Crippen molar-refractivity contribution >= 4 is 21.6 Å². The fourth-order valence-electron chi connectivity index (χ4n) is 7.61. The van der Waals surface area contributed by atoms with Crippen LogP contribution in [0.25, 0.3) is 0 Å². The molecule has 1 aromatic carbocycles. The Hall–Kier alpha value is -1.68. The molecule has 4 aliphatic rings. The van der Waals surface area contributed by atoms with Crippen molar-refractivity contribution in [1.82, 2.24) is 19.4 Å². The second kappa shape index (κ2) is 10.1. The summed E-state index contributed by atoms with van der Waals surface area (Å²) < 4.78 is 29.5. The van der Waals surface area contributed by atoms with Crippen LogP contribution in [-0.4, -0.2) is 106 Å². The van der Waals surface area contributed by atoms with E-state index in [1.54, 1.807) is 4.31 Å². The van der Waals surface area contributed by atoms with E-state index in [1.807, 2.05) is 12.1 Å². The highest BCUT2D eigenvalue weighted by atomic mass is 32.2. The Balaban J connectivity index is 1.26. The number of fused-ring (bicyclic) bond motifs is 2. The standard InChI is InChI=1S/C28H45N5O3S/c1-22-7-5-6-8-24(22)32-15-17-33(18-16-32)37(35,36)21-28-10-9-23(27(28,2)3)19-25(28)29-26(34)20-31-13-11-30(4)12-14-31/h5-8,23,25H,9-21H2,1-4H3,(H,29,34). The molecule has 2 heterocycles. The summed E-state index contributed by atoms with van der Waals surface area (Å²) in [4.78, 5) is 19.9. The first-order chi connectivity index (χ1) is 17.5. The lowest BCUT2D eigenvalue weighted by atomic mass is 9.69. The van der Waals surface area contributed by atoms with Gasteiger partial charge in [0.15, 0.2) is 0 Å². The largest absolute Gasteiger partial charge is 0.369 e. The summed E-state index contributed by atoms with van der Waals surface area (Å²) in [6.45, 7) is 13.2. The minimum Gasteiger partial charge on any atom is -0.369 e. The van der Waals surface area contributed by atoms with Crippen molar-refractivity contribution in [2.24, 2.45) is 16.7 Å². The molecule has 0 radical (unpaired) electrons. The van der Waals surface area contributed by atoms with E-state index in [-0.39, 0.29) is 23.1 Å². The second-order valence-corrected chi connectivity index (χ2v) is 14.4. The third kappa shape index (κ3) is 5.04. The van der Waals surface area contributed by atoms with Gasteiger partial charge in [0.25, 0.3) is 0 Å². The molecule has 4 fully saturated rings. The SMILES string of the molecule is Cc1ccccc1N1CCN(S(=O)(=O)CC23CCC(CC2NC(=O)CN2CCN(C)CC2)C3(C)C)CC1. The van der Waals surface area contributed by atoms with E-state index < -0.39 is 15.4 Å². The summed E-state index contributed by atoms with van der Waals surface area (Å²) >= 11 is 0. The molecular formula is C28H45N5O3S. The van der Waals surface area contributed by atoms with Gasteiger partial charge in [-0.1, -0.05) is 32.0 Å². The molecule has 1 aromatic rings. The highest BCUT2D eigenvalue weighted by Gasteiger charge is 2.65. The number of hydrogen-bond acceptors (Lipinski definition) is 6. The summed E-state index contributed by atoms with van der Waals surface area (Å²) in [5, 5.41) is 3.34. The number of rotatable bonds is 7. The van der Waals surface area contributed by atoms with Gasteiger partial charge >= 0.3 is 0 Å².